The predicted molar refractivity (Wildman–Crippen MR) is 102 cm³/mol. The molecule has 0 aliphatic carbocycles. The van der Waals surface area contributed by atoms with Crippen LogP contribution in [0.4, 0.5) is 8.63 Å². The smallest absolute Gasteiger partial charge is 0.396 e. The highest BCUT2D eigenvalue weighted by atomic mass is 19.2. The van der Waals surface area contributed by atoms with E-state index >= 15 is 8.63 Å². The van der Waals surface area contributed by atoms with Crippen molar-refractivity contribution in [1.29, 1.82) is 0 Å². The fourth-order valence-electron chi connectivity index (χ4n) is 4.14. The van der Waals surface area contributed by atoms with Crippen molar-refractivity contribution in [1.82, 2.24) is 9.38 Å². The van der Waals surface area contributed by atoms with Gasteiger partial charge in [-0.3, -0.25) is 4.90 Å². The number of nitrogens with zero attached hydrogens (tertiary/aromatic N) is 3. The number of benzene rings is 1. The van der Waals surface area contributed by atoms with Gasteiger partial charge in [-0.15, -0.1) is 0 Å². The van der Waals surface area contributed by atoms with Crippen LogP contribution in [0.5, 0.6) is 0 Å². The third-order valence-corrected chi connectivity index (χ3v) is 5.44. The lowest BCUT2D eigenvalue weighted by Crippen LogP contribution is -2.49. The molecule has 0 amide bonds. The van der Waals surface area contributed by atoms with Crippen molar-refractivity contribution >= 4 is 18.8 Å². The summed E-state index contributed by atoms with van der Waals surface area (Å²) in [7, 11) is 0. The highest BCUT2D eigenvalue weighted by molar-refractivity contribution is 6.57. The van der Waals surface area contributed by atoms with Gasteiger partial charge in [0.05, 0.1) is 18.8 Å². The Morgan fingerprint density at radius 3 is 2.67 bits per heavy atom. The molecule has 4 nitrogen and oxygen atoms in total. The molecule has 3 aliphatic rings. The summed E-state index contributed by atoms with van der Waals surface area (Å²) in [6.45, 7) is -0.184. The van der Waals surface area contributed by atoms with Gasteiger partial charge in [-0.1, -0.05) is 30.3 Å². The molecule has 4 heterocycles. The fraction of sp³-hybridized carbons (Fsp3) is 0.250. The van der Waals surface area contributed by atoms with Gasteiger partial charge in [0, 0.05) is 37.5 Å². The Labute approximate surface area is 156 Å². The molecule has 0 radical (unpaired) electrons. The molecule has 5 rings (SSSR count). The maximum absolute atomic E-state index is 15.2. The highest BCUT2D eigenvalue weighted by Crippen LogP contribution is 2.39. The number of aromatic nitrogens is 1. The van der Waals surface area contributed by atoms with Crippen LogP contribution in [0.1, 0.15) is 16.8 Å². The first kappa shape index (κ1) is 16.7. The van der Waals surface area contributed by atoms with Crippen LogP contribution in [0, 0.1) is 0 Å². The summed E-state index contributed by atoms with van der Waals surface area (Å²) in [6.07, 6.45) is 6.56. The molecule has 0 bridgehead atoms. The average Bonchev–Trinajstić information content (AvgIpc) is 3.32. The van der Waals surface area contributed by atoms with Gasteiger partial charge in [-0.25, -0.2) is 0 Å². The van der Waals surface area contributed by atoms with Gasteiger partial charge in [0.25, 0.3) is 0 Å². The van der Waals surface area contributed by atoms with Crippen molar-refractivity contribution in [2.45, 2.75) is 6.54 Å². The van der Waals surface area contributed by atoms with Crippen molar-refractivity contribution in [3.05, 3.63) is 77.3 Å². The van der Waals surface area contributed by atoms with Crippen LogP contribution in [0.25, 0.3) is 5.57 Å². The van der Waals surface area contributed by atoms with Crippen LogP contribution < -0.4 is 0 Å². The molecular weight excluding hydrogens is 347 g/mol. The number of allylic oxidation sites excluding steroid dienone is 2. The summed E-state index contributed by atoms with van der Waals surface area (Å²) in [5, 5.41) is 0. The van der Waals surface area contributed by atoms with E-state index in [0.29, 0.717) is 31.1 Å². The molecule has 0 spiro atoms. The fourth-order valence-corrected chi connectivity index (χ4v) is 4.14. The van der Waals surface area contributed by atoms with Crippen LogP contribution in [0.3, 0.4) is 0 Å². The lowest BCUT2D eigenvalue weighted by molar-refractivity contribution is -0.356. The standard InChI is InChI=1S/C20H20BF2N3O/c22-21(23)25-8-4-7-18(25)20(17-5-2-1-3-6-17)19-13-16(15-26(19)21)14-24-9-11-27-12-10-24/h1-8,13,15H,9-12,14H2. The number of hydrogen-bond donors (Lipinski definition) is 0. The number of morpholine rings is 1. The Balaban J connectivity index is 1.63. The number of fused-ring (bicyclic) bond motifs is 2. The second-order valence-electron chi connectivity index (χ2n) is 7.16. The van der Waals surface area contributed by atoms with Crippen LogP contribution >= 0.6 is 0 Å². The Morgan fingerprint density at radius 1 is 1.11 bits per heavy atom. The summed E-state index contributed by atoms with van der Waals surface area (Å²) in [6, 6.07) is 11.7. The molecule has 0 unspecified atom stereocenters. The third-order valence-electron chi connectivity index (χ3n) is 5.44. The minimum Gasteiger partial charge on any atom is -0.396 e. The van der Waals surface area contributed by atoms with Gasteiger partial charge in [-0.2, -0.15) is 0 Å². The molecule has 1 fully saturated rings. The van der Waals surface area contributed by atoms with E-state index in [2.05, 4.69) is 4.90 Å². The SMILES string of the molecule is F[B-]1(F)n2cc(CN3CCOCC3)cc2C(c2ccccc2)=C2C=CC=[N+]21. The second kappa shape index (κ2) is 6.28. The summed E-state index contributed by atoms with van der Waals surface area (Å²) in [5.74, 6) is 0. The molecule has 7 heteroatoms. The molecule has 1 aromatic carbocycles. The molecule has 1 aromatic heterocycles. The summed E-state index contributed by atoms with van der Waals surface area (Å²) >= 11 is 0. The van der Waals surface area contributed by atoms with E-state index in [4.69, 9.17) is 4.74 Å². The van der Waals surface area contributed by atoms with Crippen LogP contribution in [0.2, 0.25) is 0 Å². The van der Waals surface area contributed by atoms with E-state index in [1.807, 2.05) is 36.4 Å². The Hall–Kier alpha value is -2.51. The van der Waals surface area contributed by atoms with E-state index < -0.39 is 6.97 Å². The predicted octanol–water partition coefficient (Wildman–Crippen LogP) is 2.97. The van der Waals surface area contributed by atoms with Crippen molar-refractivity contribution in [2.75, 3.05) is 26.3 Å². The number of halogens is 2. The normalized spacial score (nSPS) is 21.2. The molecule has 3 aliphatic heterocycles. The first-order valence-corrected chi connectivity index (χ1v) is 9.28. The lowest BCUT2D eigenvalue weighted by atomic mass is 9.86. The third kappa shape index (κ3) is 2.69. The number of hydrogen-bond acceptors (Lipinski definition) is 2. The largest absolute Gasteiger partial charge is 0.737 e. The number of rotatable bonds is 3. The molecule has 1 saturated heterocycles. The zero-order chi connectivity index (χ0) is 18.4. The maximum atomic E-state index is 15.2. The van der Waals surface area contributed by atoms with E-state index in [-0.39, 0.29) is 0 Å². The van der Waals surface area contributed by atoms with Crippen LogP contribution in [-0.2, 0) is 11.3 Å². The average molecular weight is 367 g/mol. The maximum Gasteiger partial charge on any atom is 0.737 e. The van der Waals surface area contributed by atoms with Gasteiger partial charge < -0.3 is 22.3 Å². The van der Waals surface area contributed by atoms with Gasteiger partial charge in [0.15, 0.2) is 5.70 Å². The summed E-state index contributed by atoms with van der Waals surface area (Å²) < 4.78 is 38.2. The van der Waals surface area contributed by atoms with Crippen molar-refractivity contribution in [3.8, 4) is 0 Å². The monoisotopic (exact) mass is 367 g/mol. The minimum absolute atomic E-state index is 0.565. The Bertz CT molecular complexity index is 972. The van der Waals surface area contributed by atoms with E-state index in [1.165, 1.54) is 10.7 Å². The van der Waals surface area contributed by atoms with E-state index in [9.17, 15) is 0 Å². The van der Waals surface area contributed by atoms with Crippen LogP contribution in [0.15, 0.2) is 60.4 Å². The molecular formula is C20H20BF2N3O. The molecule has 0 N–H and O–H groups in total. The zero-order valence-electron chi connectivity index (χ0n) is 14.9. The van der Waals surface area contributed by atoms with Gasteiger partial charge in [0.2, 0.25) is 0 Å². The summed E-state index contributed by atoms with van der Waals surface area (Å²) in [4.78, 5) is 2.25. The summed E-state index contributed by atoms with van der Waals surface area (Å²) in [5.41, 5.74) is 3.85. The highest BCUT2D eigenvalue weighted by Gasteiger charge is 2.51. The molecule has 27 heavy (non-hydrogen) atoms. The second-order valence-corrected chi connectivity index (χ2v) is 7.16. The van der Waals surface area contributed by atoms with E-state index in [0.717, 1.165) is 34.3 Å². The molecule has 2 aromatic rings. The van der Waals surface area contributed by atoms with Crippen molar-refractivity contribution in [3.63, 3.8) is 0 Å². The quantitative estimate of drug-likeness (QED) is 0.778. The number of ether oxygens (including phenoxy) is 1. The van der Waals surface area contributed by atoms with Crippen molar-refractivity contribution in [2.24, 2.45) is 0 Å². The minimum atomic E-state index is -3.89. The Kier molecular flexibility index (Phi) is 3.88. The molecule has 0 saturated carbocycles. The van der Waals surface area contributed by atoms with Crippen molar-refractivity contribution < 1.29 is 17.9 Å². The lowest BCUT2D eigenvalue weighted by Gasteiger charge is -2.30. The van der Waals surface area contributed by atoms with Gasteiger partial charge in [-0.05, 0) is 23.4 Å². The first-order chi connectivity index (χ1) is 13.1. The Morgan fingerprint density at radius 2 is 1.89 bits per heavy atom. The van der Waals surface area contributed by atoms with Crippen LogP contribution in [-0.4, -0.2) is 53.4 Å². The van der Waals surface area contributed by atoms with E-state index in [1.54, 1.807) is 18.3 Å². The first-order valence-electron chi connectivity index (χ1n) is 9.28. The van der Waals surface area contributed by atoms with Gasteiger partial charge >= 0.3 is 6.97 Å². The zero-order valence-corrected chi connectivity index (χ0v) is 14.9. The van der Waals surface area contributed by atoms with Gasteiger partial charge in [0.1, 0.15) is 6.21 Å². The topological polar surface area (TPSA) is 20.4 Å². The molecule has 138 valence electrons. The molecule has 0 atom stereocenters.